The fourth-order valence-electron chi connectivity index (χ4n) is 2.89. The summed E-state index contributed by atoms with van der Waals surface area (Å²) in [6, 6.07) is 0. The molecule has 160 valence electrons. The van der Waals surface area contributed by atoms with Crippen LogP contribution < -0.4 is 29.6 Å². The molecule has 0 heterocycles. The molecule has 0 saturated carbocycles. The first-order valence-electron chi connectivity index (χ1n) is 10.4. The second-order valence-corrected chi connectivity index (χ2v) is 7.98. The monoisotopic (exact) mass is 428 g/mol. The zero-order chi connectivity index (χ0) is 20.4. The molecule has 28 heavy (non-hydrogen) atoms. The van der Waals surface area contributed by atoms with Gasteiger partial charge in [-0.15, -0.1) is 0 Å². The minimum absolute atomic E-state index is 0. The fraction of sp³-hybridized carbons (Fsp3) is 0.850. The van der Waals surface area contributed by atoms with E-state index in [0.717, 1.165) is 26.2 Å². The van der Waals surface area contributed by atoms with Gasteiger partial charge in [0.1, 0.15) is 0 Å². The van der Waals surface area contributed by atoms with Crippen molar-refractivity contribution >= 4 is 16.4 Å². The van der Waals surface area contributed by atoms with E-state index in [9.17, 15) is 17.8 Å². The van der Waals surface area contributed by atoms with Gasteiger partial charge in [-0.2, -0.15) is 0 Å². The summed E-state index contributed by atoms with van der Waals surface area (Å²) >= 11 is 0. The third-order valence-corrected chi connectivity index (χ3v) is 4.67. The topological polar surface area (TPSA) is 92.7 Å². The third-order valence-electron chi connectivity index (χ3n) is 4.30. The number of esters is 1. The zero-order valence-electron chi connectivity index (χ0n) is 18.0. The molecule has 0 amide bonds. The first-order chi connectivity index (χ1) is 12.8. The average molecular weight is 429 g/mol. The Bertz CT molecular complexity index is 505. The van der Waals surface area contributed by atoms with E-state index < -0.39 is 22.3 Å². The molecule has 0 aromatic rings. The minimum Gasteiger partial charge on any atom is -0.716 e. The van der Waals surface area contributed by atoms with E-state index in [1.54, 1.807) is 0 Å². The smallest absolute Gasteiger partial charge is 0.716 e. The number of carbonyl (C=O) groups is 1. The van der Waals surface area contributed by atoms with Crippen LogP contribution in [0.2, 0.25) is 0 Å². The molecule has 0 N–H and O–H groups in total. The number of hydrogen-bond donors (Lipinski definition) is 0. The zero-order valence-corrected chi connectivity index (χ0v) is 20.9. The van der Waals surface area contributed by atoms with E-state index in [1.807, 2.05) is 0 Å². The second-order valence-electron chi connectivity index (χ2n) is 6.99. The van der Waals surface area contributed by atoms with Gasteiger partial charge in [0.2, 0.25) is 0 Å². The molecule has 0 fully saturated rings. The molecule has 0 aromatic heterocycles. The van der Waals surface area contributed by atoms with Crippen LogP contribution >= 0.6 is 0 Å². The van der Waals surface area contributed by atoms with Gasteiger partial charge in [-0.25, -0.2) is 8.42 Å². The quantitative estimate of drug-likeness (QED) is 0.0832. The van der Waals surface area contributed by atoms with Gasteiger partial charge >= 0.3 is 35.5 Å². The Morgan fingerprint density at radius 3 is 1.57 bits per heavy atom. The van der Waals surface area contributed by atoms with Crippen LogP contribution in [0.1, 0.15) is 110 Å². The maximum absolute atomic E-state index is 10.9. The molecule has 0 aliphatic carbocycles. The molecule has 0 rings (SSSR count). The molecule has 0 saturated heterocycles. The van der Waals surface area contributed by atoms with E-state index in [-0.39, 0.29) is 29.6 Å². The third kappa shape index (κ3) is 24.0. The van der Waals surface area contributed by atoms with Gasteiger partial charge in [-0.05, 0) is 18.9 Å². The molecular weight excluding hydrogens is 391 g/mol. The van der Waals surface area contributed by atoms with Gasteiger partial charge in [0.25, 0.3) is 16.3 Å². The Kier molecular flexibility index (Phi) is 21.7. The van der Waals surface area contributed by atoms with Crippen LogP contribution in [0.3, 0.4) is 0 Å². The van der Waals surface area contributed by atoms with Crippen molar-refractivity contribution in [2.75, 3.05) is 0 Å². The predicted molar refractivity (Wildman–Crippen MR) is 106 cm³/mol. The number of allylic oxidation sites excluding steroid dienone is 1. The summed E-state index contributed by atoms with van der Waals surface area (Å²) in [5.41, 5.74) is 0. The van der Waals surface area contributed by atoms with Crippen LogP contribution in [0.4, 0.5) is 0 Å². The van der Waals surface area contributed by atoms with Crippen LogP contribution in [0.5, 0.6) is 0 Å². The van der Waals surface area contributed by atoms with E-state index >= 15 is 0 Å². The van der Waals surface area contributed by atoms with Gasteiger partial charge in [0, 0.05) is 6.92 Å². The van der Waals surface area contributed by atoms with Crippen molar-refractivity contribution in [3.63, 3.8) is 0 Å². The Labute approximate surface area is 194 Å². The van der Waals surface area contributed by atoms with Crippen molar-refractivity contribution in [1.29, 1.82) is 0 Å². The summed E-state index contributed by atoms with van der Waals surface area (Å²) < 4.78 is 40.4. The maximum atomic E-state index is 10.9. The molecule has 0 atom stereocenters. The second kappa shape index (κ2) is 20.2. The molecule has 0 aliphatic rings. The number of ether oxygens (including phenoxy) is 1. The molecular formula is C20H37NaO6S. The van der Waals surface area contributed by atoms with Gasteiger partial charge in [-0.1, -0.05) is 90.4 Å². The summed E-state index contributed by atoms with van der Waals surface area (Å²) in [6.07, 6.45) is 19.4. The maximum Gasteiger partial charge on any atom is 1.00 e. The summed E-state index contributed by atoms with van der Waals surface area (Å²) in [5.74, 6) is -1.28. The number of hydrogen-bond acceptors (Lipinski definition) is 6. The van der Waals surface area contributed by atoms with Gasteiger partial charge in [-0.3, -0.25) is 4.79 Å². The van der Waals surface area contributed by atoms with Gasteiger partial charge in [0.05, 0.1) is 0 Å². The Morgan fingerprint density at radius 2 is 1.21 bits per heavy atom. The summed E-state index contributed by atoms with van der Waals surface area (Å²) in [5, 5.41) is 0. The fourth-order valence-corrected chi connectivity index (χ4v) is 3.20. The molecule has 0 spiro atoms. The number of unbranched alkanes of at least 4 members (excludes halogenated alkanes) is 14. The standard InChI is InChI=1S/C20H38O6S.Na/c1-3-4-5-6-7-8-9-10-11-12-13-14-15-16-17-18-20(25-19(2)21)26-27(22,23)24;/h18H,3-17H2,1-2H3,(H,22,23,24);/q;+1/p-1. The molecule has 8 heteroatoms. The van der Waals surface area contributed by atoms with Gasteiger partial charge < -0.3 is 13.5 Å². The van der Waals surface area contributed by atoms with Crippen molar-refractivity contribution < 1.29 is 56.2 Å². The van der Waals surface area contributed by atoms with Crippen molar-refractivity contribution in [2.45, 2.75) is 110 Å². The molecule has 6 nitrogen and oxygen atoms in total. The van der Waals surface area contributed by atoms with Crippen molar-refractivity contribution in [2.24, 2.45) is 0 Å². The molecule has 0 aromatic carbocycles. The van der Waals surface area contributed by atoms with Gasteiger partial charge in [0.15, 0.2) is 0 Å². The van der Waals surface area contributed by atoms with Crippen LogP contribution in [-0.4, -0.2) is 18.9 Å². The number of carbonyl (C=O) groups excluding carboxylic acids is 1. The first-order valence-corrected chi connectivity index (χ1v) is 11.7. The summed E-state index contributed by atoms with van der Waals surface area (Å²) in [7, 11) is -4.94. The predicted octanol–water partition coefficient (Wildman–Crippen LogP) is 2.74. The average Bonchev–Trinajstić information content (AvgIpc) is 2.56. The largest absolute Gasteiger partial charge is 1.00 e. The SMILES string of the molecule is CCCCCCCCCCCCCCCCC=C(OC(C)=O)OS(=O)(=O)[O-].[Na+]. The van der Waals surface area contributed by atoms with Crippen LogP contribution in [0.25, 0.3) is 0 Å². The minimum atomic E-state index is -4.94. The van der Waals surface area contributed by atoms with Crippen molar-refractivity contribution in [3.8, 4) is 0 Å². The van der Waals surface area contributed by atoms with Crippen molar-refractivity contribution in [3.05, 3.63) is 12.0 Å². The van der Waals surface area contributed by atoms with Crippen LogP contribution in [0.15, 0.2) is 12.0 Å². The van der Waals surface area contributed by atoms with E-state index in [2.05, 4.69) is 15.8 Å². The summed E-state index contributed by atoms with van der Waals surface area (Å²) in [6.45, 7) is 3.36. The Hall–Kier alpha value is -0.0800. The van der Waals surface area contributed by atoms with E-state index in [4.69, 9.17) is 0 Å². The molecule has 0 radical (unpaired) electrons. The first kappa shape index (κ1) is 30.1. The molecule has 0 unspecified atom stereocenters. The molecule has 0 aliphatic heterocycles. The Balaban J connectivity index is 0. The van der Waals surface area contributed by atoms with Crippen LogP contribution in [-0.2, 0) is 24.1 Å². The van der Waals surface area contributed by atoms with Crippen molar-refractivity contribution in [1.82, 2.24) is 0 Å². The van der Waals surface area contributed by atoms with E-state index in [1.165, 1.54) is 76.7 Å². The van der Waals surface area contributed by atoms with E-state index in [0.29, 0.717) is 6.42 Å². The number of rotatable bonds is 18. The summed E-state index contributed by atoms with van der Waals surface area (Å²) in [4.78, 5) is 10.9. The normalized spacial score (nSPS) is 11.8. The Morgan fingerprint density at radius 1 is 0.821 bits per heavy atom. The molecule has 0 bridgehead atoms. The van der Waals surface area contributed by atoms with Crippen LogP contribution in [0, 0.1) is 0 Å².